The lowest BCUT2D eigenvalue weighted by Gasteiger charge is -2.28. The quantitative estimate of drug-likeness (QED) is 0.706. The molecule has 0 aliphatic carbocycles. The minimum Gasteiger partial charge on any atom is -0.486 e. The molecule has 2 aliphatic heterocycles. The number of esters is 1. The van der Waals surface area contributed by atoms with Crippen LogP contribution in [0.5, 0.6) is 11.5 Å². The average molecular weight is 377 g/mol. The number of carbonyl (C=O) groups excluding carboxylic acids is 2. The van der Waals surface area contributed by atoms with E-state index < -0.39 is 0 Å². The summed E-state index contributed by atoms with van der Waals surface area (Å²) in [6.07, 6.45) is 1.55. The molecule has 0 saturated carbocycles. The molecule has 0 spiro atoms. The number of amides is 1. The minimum atomic E-state index is -0.107. The molecular weight excluding hydrogens is 348 g/mol. The van der Waals surface area contributed by atoms with Crippen molar-refractivity contribution in [3.63, 3.8) is 0 Å². The maximum Gasteiger partial charge on any atom is 0.309 e. The normalized spacial score (nSPS) is 22.6. The molecule has 7 nitrogen and oxygen atoms in total. The van der Waals surface area contributed by atoms with Crippen molar-refractivity contribution in [3.05, 3.63) is 23.8 Å². The molecule has 2 heterocycles. The van der Waals surface area contributed by atoms with E-state index >= 15 is 0 Å². The van der Waals surface area contributed by atoms with Gasteiger partial charge in [-0.2, -0.15) is 0 Å². The predicted molar refractivity (Wildman–Crippen MR) is 98.9 cm³/mol. The summed E-state index contributed by atoms with van der Waals surface area (Å²) in [4.78, 5) is 25.4. The van der Waals surface area contributed by atoms with Gasteiger partial charge in [-0.15, -0.1) is 0 Å². The van der Waals surface area contributed by atoms with Gasteiger partial charge in [0.25, 0.3) is 5.91 Å². The highest BCUT2D eigenvalue weighted by molar-refractivity contribution is 5.77. The number of carbonyl (C=O) groups is 2. The van der Waals surface area contributed by atoms with Crippen LogP contribution in [0.3, 0.4) is 0 Å². The van der Waals surface area contributed by atoms with E-state index in [0.29, 0.717) is 26.4 Å². The van der Waals surface area contributed by atoms with Crippen molar-refractivity contribution < 1.29 is 28.7 Å². The van der Waals surface area contributed by atoms with Gasteiger partial charge < -0.3 is 24.4 Å². The van der Waals surface area contributed by atoms with Gasteiger partial charge in [0.05, 0.1) is 31.7 Å². The fourth-order valence-electron chi connectivity index (χ4n) is 3.63. The van der Waals surface area contributed by atoms with Gasteiger partial charge in [-0.3, -0.25) is 9.59 Å². The Morgan fingerprint density at radius 2 is 1.93 bits per heavy atom. The highest BCUT2D eigenvalue weighted by atomic mass is 16.6. The van der Waals surface area contributed by atoms with Crippen LogP contribution in [-0.4, -0.2) is 51.3 Å². The topological polar surface area (TPSA) is 78.3 Å². The smallest absolute Gasteiger partial charge is 0.309 e. The second-order valence-corrected chi connectivity index (χ2v) is 7.15. The maximum atomic E-state index is 12.4. The number of ether oxygens (including phenoxy) is 3. The summed E-state index contributed by atoms with van der Waals surface area (Å²) in [6.45, 7) is 7.37. The zero-order chi connectivity index (χ0) is 19.2. The molecule has 1 amide bonds. The lowest BCUT2D eigenvalue weighted by atomic mass is 9.97. The molecule has 148 valence electrons. The van der Waals surface area contributed by atoms with Gasteiger partial charge in [-0.05, 0) is 31.5 Å². The highest BCUT2D eigenvalue weighted by Crippen LogP contribution is 2.32. The molecule has 2 aliphatic rings. The molecule has 1 aromatic rings. The van der Waals surface area contributed by atoms with E-state index in [1.807, 2.05) is 32.0 Å². The second kappa shape index (κ2) is 9.08. The number of piperidine rings is 1. The van der Waals surface area contributed by atoms with E-state index in [1.165, 1.54) is 4.90 Å². The summed E-state index contributed by atoms with van der Waals surface area (Å²) in [5, 5.41) is 3.06. The number of fused-ring (bicyclic) bond motifs is 1. The molecule has 0 radical (unpaired) electrons. The number of nitrogens with one attached hydrogen (secondary N) is 2. The Bertz CT molecular complexity index is 670. The Kier molecular flexibility index (Phi) is 6.55. The van der Waals surface area contributed by atoms with Crippen molar-refractivity contribution in [2.45, 2.75) is 32.7 Å². The lowest BCUT2D eigenvalue weighted by molar-refractivity contribution is -0.897. The van der Waals surface area contributed by atoms with Gasteiger partial charge in [0.2, 0.25) is 0 Å². The zero-order valence-corrected chi connectivity index (χ0v) is 16.1. The summed E-state index contributed by atoms with van der Waals surface area (Å²) in [5.74, 6) is 1.37. The van der Waals surface area contributed by atoms with Crippen LogP contribution in [0, 0.1) is 5.92 Å². The third kappa shape index (κ3) is 5.13. The van der Waals surface area contributed by atoms with E-state index in [1.54, 1.807) is 0 Å². The molecule has 1 aromatic carbocycles. The summed E-state index contributed by atoms with van der Waals surface area (Å²) in [5.41, 5.74) is 0.989. The standard InChI is InChI=1S/C20H28N2O5/c1-3-25-20(24)15-6-8-22(9-7-15)13-19(23)21-14(2)16-4-5-17-18(12-16)27-11-10-26-17/h4-5,12,14-15H,3,6-11,13H2,1-2H3,(H,21,23)/p+1/t14-/m1/s1. The van der Waals surface area contributed by atoms with Crippen molar-refractivity contribution in [2.24, 2.45) is 5.92 Å². The van der Waals surface area contributed by atoms with Crippen molar-refractivity contribution >= 4 is 11.9 Å². The molecule has 7 heteroatoms. The summed E-state index contributed by atoms with van der Waals surface area (Å²) in [7, 11) is 0. The highest BCUT2D eigenvalue weighted by Gasteiger charge is 2.29. The molecule has 1 fully saturated rings. The number of benzene rings is 1. The Balaban J connectivity index is 1.46. The van der Waals surface area contributed by atoms with Crippen molar-refractivity contribution in [1.29, 1.82) is 0 Å². The molecule has 0 bridgehead atoms. The van der Waals surface area contributed by atoms with Crippen molar-refractivity contribution in [2.75, 3.05) is 39.5 Å². The van der Waals surface area contributed by atoms with E-state index in [2.05, 4.69) is 5.32 Å². The van der Waals surface area contributed by atoms with Gasteiger partial charge in [-0.25, -0.2) is 0 Å². The molecule has 0 aromatic heterocycles. The van der Waals surface area contributed by atoms with Crippen LogP contribution >= 0.6 is 0 Å². The van der Waals surface area contributed by atoms with E-state index in [4.69, 9.17) is 14.2 Å². The van der Waals surface area contributed by atoms with Crippen LogP contribution in [-0.2, 0) is 14.3 Å². The van der Waals surface area contributed by atoms with Gasteiger partial charge in [0, 0.05) is 12.8 Å². The molecule has 27 heavy (non-hydrogen) atoms. The van der Waals surface area contributed by atoms with E-state index in [-0.39, 0.29) is 23.8 Å². The number of quaternary nitrogens is 1. The number of hydrogen-bond acceptors (Lipinski definition) is 5. The van der Waals surface area contributed by atoms with Crippen LogP contribution in [0.1, 0.15) is 38.3 Å². The zero-order valence-electron chi connectivity index (χ0n) is 16.1. The Morgan fingerprint density at radius 1 is 1.22 bits per heavy atom. The van der Waals surface area contributed by atoms with Crippen LogP contribution in [0.4, 0.5) is 0 Å². The SMILES string of the molecule is CCOC(=O)C1CC[NH+](CC(=O)N[C@H](C)c2ccc3c(c2)OCCO3)CC1. The van der Waals surface area contributed by atoms with Gasteiger partial charge in [-0.1, -0.05) is 6.07 Å². The van der Waals surface area contributed by atoms with Crippen molar-refractivity contribution in [1.82, 2.24) is 5.32 Å². The fraction of sp³-hybridized carbons (Fsp3) is 0.600. The van der Waals surface area contributed by atoms with Crippen LogP contribution in [0.15, 0.2) is 18.2 Å². The monoisotopic (exact) mass is 377 g/mol. The third-order valence-corrected chi connectivity index (χ3v) is 5.17. The van der Waals surface area contributed by atoms with E-state index in [0.717, 1.165) is 43.0 Å². The van der Waals surface area contributed by atoms with E-state index in [9.17, 15) is 9.59 Å². The average Bonchev–Trinajstić information content (AvgIpc) is 2.68. The predicted octanol–water partition coefficient (Wildman–Crippen LogP) is 0.493. The summed E-state index contributed by atoms with van der Waals surface area (Å²) < 4.78 is 16.2. The van der Waals surface area contributed by atoms with Crippen molar-refractivity contribution in [3.8, 4) is 11.5 Å². The van der Waals surface area contributed by atoms with Gasteiger partial charge in [0.1, 0.15) is 13.2 Å². The molecular formula is C20H29N2O5+. The Hall–Kier alpha value is -2.28. The lowest BCUT2D eigenvalue weighted by Crippen LogP contribution is -3.14. The molecule has 2 N–H and O–H groups in total. The van der Waals surface area contributed by atoms with Crippen LogP contribution in [0.25, 0.3) is 0 Å². The third-order valence-electron chi connectivity index (χ3n) is 5.17. The second-order valence-electron chi connectivity index (χ2n) is 7.15. The first-order chi connectivity index (χ1) is 13.1. The molecule has 3 rings (SSSR count). The minimum absolute atomic E-state index is 0.0157. The first kappa shape index (κ1) is 19.5. The fourth-order valence-corrected chi connectivity index (χ4v) is 3.63. The largest absolute Gasteiger partial charge is 0.486 e. The summed E-state index contributed by atoms with van der Waals surface area (Å²) >= 11 is 0. The number of hydrogen-bond donors (Lipinski definition) is 2. The Morgan fingerprint density at radius 3 is 2.63 bits per heavy atom. The summed E-state index contributed by atoms with van der Waals surface area (Å²) in [6, 6.07) is 5.66. The van der Waals surface area contributed by atoms with Gasteiger partial charge >= 0.3 is 5.97 Å². The molecule has 1 saturated heterocycles. The molecule has 0 unspecified atom stereocenters. The first-order valence-corrected chi connectivity index (χ1v) is 9.76. The van der Waals surface area contributed by atoms with Gasteiger partial charge in [0.15, 0.2) is 18.0 Å². The number of likely N-dealkylation sites (tertiary alicyclic amines) is 1. The van der Waals surface area contributed by atoms with Crippen LogP contribution < -0.4 is 19.7 Å². The number of rotatable bonds is 6. The molecule has 1 atom stereocenters. The van der Waals surface area contributed by atoms with Crippen LogP contribution in [0.2, 0.25) is 0 Å². The maximum absolute atomic E-state index is 12.4. The first-order valence-electron chi connectivity index (χ1n) is 9.76. The Labute approximate surface area is 160 Å².